The highest BCUT2D eigenvalue weighted by Crippen LogP contribution is 2.24. The van der Waals surface area contributed by atoms with Crippen molar-refractivity contribution in [1.82, 2.24) is 20.5 Å². The van der Waals surface area contributed by atoms with E-state index in [4.69, 9.17) is 5.73 Å². The van der Waals surface area contributed by atoms with Gasteiger partial charge in [-0.3, -0.25) is 19.4 Å². The van der Waals surface area contributed by atoms with Gasteiger partial charge >= 0.3 is 0 Å². The van der Waals surface area contributed by atoms with Crippen molar-refractivity contribution in [3.8, 4) is 0 Å². The van der Waals surface area contributed by atoms with E-state index in [1.807, 2.05) is 60.7 Å². The van der Waals surface area contributed by atoms with E-state index in [1.54, 1.807) is 6.20 Å². The van der Waals surface area contributed by atoms with Crippen molar-refractivity contribution in [2.45, 2.75) is 56.0 Å². The Morgan fingerprint density at radius 2 is 1.87 bits per heavy atom. The molecule has 2 fully saturated rings. The number of nitrogens with two attached hydrogens (primary N) is 1. The zero-order valence-electron chi connectivity index (χ0n) is 21.6. The Hall–Kier alpha value is -3.86. The van der Waals surface area contributed by atoms with E-state index in [9.17, 15) is 19.5 Å². The molecule has 2 aliphatic rings. The molecule has 3 amide bonds. The minimum Gasteiger partial charge on any atom is -0.383 e. The van der Waals surface area contributed by atoms with Gasteiger partial charge in [0.15, 0.2) is 0 Å². The summed E-state index contributed by atoms with van der Waals surface area (Å²) in [6.45, 7) is 0.690. The maximum Gasteiger partial charge on any atom is 0.249 e. The van der Waals surface area contributed by atoms with Gasteiger partial charge in [0.1, 0.15) is 12.1 Å². The molecule has 39 heavy (non-hydrogen) atoms. The van der Waals surface area contributed by atoms with Gasteiger partial charge in [-0.2, -0.15) is 0 Å². The van der Waals surface area contributed by atoms with E-state index in [1.165, 1.54) is 4.90 Å². The zero-order chi connectivity index (χ0) is 27.4. The summed E-state index contributed by atoms with van der Waals surface area (Å²) in [6.07, 6.45) is 1.93. The van der Waals surface area contributed by atoms with E-state index in [0.29, 0.717) is 25.1 Å². The Morgan fingerprint density at radius 3 is 2.64 bits per heavy atom. The van der Waals surface area contributed by atoms with Gasteiger partial charge in [0.25, 0.3) is 0 Å². The molecule has 204 valence electrons. The average molecular weight is 531 g/mol. The van der Waals surface area contributed by atoms with Crippen LogP contribution in [-0.2, 0) is 20.8 Å². The normalized spacial score (nSPS) is 23.5. The van der Waals surface area contributed by atoms with Crippen LogP contribution in [0.4, 0.5) is 5.69 Å². The summed E-state index contributed by atoms with van der Waals surface area (Å²) in [7, 11) is 0. The highest BCUT2D eigenvalue weighted by atomic mass is 16.3. The molecule has 0 bridgehead atoms. The summed E-state index contributed by atoms with van der Waals surface area (Å²) < 4.78 is 0. The molecule has 0 radical (unpaired) electrons. The summed E-state index contributed by atoms with van der Waals surface area (Å²) in [4.78, 5) is 45.5. The third-order valence-corrected chi connectivity index (χ3v) is 7.41. The number of hydrogen-bond donors (Lipinski definition) is 5. The quantitative estimate of drug-likeness (QED) is 0.291. The van der Waals surface area contributed by atoms with Crippen LogP contribution in [0, 0.1) is 0 Å². The molecule has 0 unspecified atom stereocenters. The molecule has 10 nitrogen and oxygen atoms in total. The summed E-state index contributed by atoms with van der Waals surface area (Å²) in [6, 6.07) is 17.2. The molecule has 0 aliphatic carbocycles. The molecular weight excluding hydrogens is 496 g/mol. The molecule has 3 aromatic rings. The monoisotopic (exact) mass is 530 g/mol. The fourth-order valence-electron chi connectivity index (χ4n) is 5.33. The molecule has 3 heterocycles. The number of nitrogens with zero attached hydrogens (tertiary/aromatic N) is 2. The van der Waals surface area contributed by atoms with Crippen LogP contribution in [0.25, 0.3) is 10.9 Å². The standard InChI is InChI=1S/C29H34N6O4/c30-20-13-24(31-15-20)29(39)35-17-22(34-28(38)26(36)11-10-18-6-2-1-3-7-18)14-25(35)27(37)33-21-12-19-8-4-5-9-23(19)32-16-21/h1-9,12,16,20,22,24-26,31,36H,10-11,13-15,17,30H2,(H,33,37)(H,34,38)/t20-,22+,24-,25-,26+/m0/s1. The number of likely N-dealkylation sites (tertiary alicyclic amines) is 1. The number of aryl methyl sites for hydroxylation is 1. The second-order valence-electron chi connectivity index (χ2n) is 10.4. The van der Waals surface area contributed by atoms with E-state index in [2.05, 4.69) is 20.9 Å². The molecule has 5 atom stereocenters. The maximum absolute atomic E-state index is 13.4. The van der Waals surface area contributed by atoms with Crippen molar-refractivity contribution in [1.29, 1.82) is 0 Å². The number of fused-ring (bicyclic) bond motifs is 1. The number of nitrogens with one attached hydrogen (secondary N) is 3. The number of para-hydroxylation sites is 1. The van der Waals surface area contributed by atoms with Gasteiger partial charge < -0.3 is 31.7 Å². The van der Waals surface area contributed by atoms with Gasteiger partial charge in [0.05, 0.1) is 23.4 Å². The molecule has 2 aromatic carbocycles. The van der Waals surface area contributed by atoms with Crippen molar-refractivity contribution in [3.63, 3.8) is 0 Å². The lowest BCUT2D eigenvalue weighted by Crippen LogP contribution is -2.50. The molecule has 1 aromatic heterocycles. The largest absolute Gasteiger partial charge is 0.383 e. The van der Waals surface area contributed by atoms with Crippen LogP contribution in [0.2, 0.25) is 0 Å². The number of pyridine rings is 1. The minimum absolute atomic E-state index is 0.132. The van der Waals surface area contributed by atoms with Crippen LogP contribution >= 0.6 is 0 Å². The van der Waals surface area contributed by atoms with Crippen LogP contribution < -0.4 is 21.7 Å². The number of aliphatic hydroxyl groups excluding tert-OH is 1. The first kappa shape index (κ1) is 26.7. The van der Waals surface area contributed by atoms with Crippen LogP contribution in [-0.4, -0.2) is 76.1 Å². The van der Waals surface area contributed by atoms with Crippen LogP contribution in [0.1, 0.15) is 24.8 Å². The Bertz CT molecular complexity index is 1340. The molecule has 6 N–H and O–H groups in total. The van der Waals surface area contributed by atoms with E-state index in [0.717, 1.165) is 16.5 Å². The van der Waals surface area contributed by atoms with E-state index < -0.39 is 30.1 Å². The number of rotatable bonds is 8. The summed E-state index contributed by atoms with van der Waals surface area (Å²) in [5.41, 5.74) is 8.36. The Balaban J connectivity index is 1.26. The lowest BCUT2D eigenvalue weighted by atomic mass is 10.1. The van der Waals surface area contributed by atoms with Crippen LogP contribution in [0.5, 0.6) is 0 Å². The SMILES string of the molecule is N[C@@H]1CN[C@H](C(=O)N2C[C@H](NC(=O)[C@H](O)CCc3ccccc3)C[C@H]2C(=O)Nc2cnc3ccccc3c2)C1. The fraction of sp³-hybridized carbons (Fsp3) is 0.379. The predicted molar refractivity (Wildman–Crippen MR) is 148 cm³/mol. The van der Waals surface area contributed by atoms with Crippen molar-refractivity contribution in [3.05, 3.63) is 72.4 Å². The first-order chi connectivity index (χ1) is 18.9. The first-order valence-corrected chi connectivity index (χ1v) is 13.3. The Kier molecular flexibility index (Phi) is 8.16. The van der Waals surface area contributed by atoms with Crippen molar-refractivity contribution in [2.75, 3.05) is 18.4 Å². The number of carbonyl (C=O) groups is 3. The van der Waals surface area contributed by atoms with Gasteiger partial charge in [-0.1, -0.05) is 48.5 Å². The lowest BCUT2D eigenvalue weighted by Gasteiger charge is -2.26. The van der Waals surface area contributed by atoms with Gasteiger partial charge in [-0.25, -0.2) is 0 Å². The van der Waals surface area contributed by atoms with Crippen LogP contribution in [0.15, 0.2) is 66.9 Å². The molecular formula is C29H34N6O4. The number of hydrogen-bond acceptors (Lipinski definition) is 7. The molecule has 2 saturated heterocycles. The molecule has 5 rings (SSSR count). The second-order valence-corrected chi connectivity index (χ2v) is 10.4. The Labute approximate surface area is 227 Å². The number of aliphatic hydroxyl groups is 1. The van der Waals surface area contributed by atoms with Crippen LogP contribution in [0.3, 0.4) is 0 Å². The van der Waals surface area contributed by atoms with Gasteiger partial charge in [0, 0.05) is 30.6 Å². The van der Waals surface area contributed by atoms with E-state index in [-0.39, 0.29) is 37.2 Å². The first-order valence-electron chi connectivity index (χ1n) is 13.3. The summed E-state index contributed by atoms with van der Waals surface area (Å²) in [5.74, 6) is -1.09. The number of benzene rings is 2. The van der Waals surface area contributed by atoms with Crippen molar-refractivity contribution >= 4 is 34.3 Å². The second kappa shape index (κ2) is 11.9. The highest BCUT2D eigenvalue weighted by molar-refractivity contribution is 5.99. The number of amides is 3. The average Bonchev–Trinajstić information content (AvgIpc) is 3.58. The fourth-order valence-corrected chi connectivity index (χ4v) is 5.33. The number of anilines is 1. The van der Waals surface area contributed by atoms with Crippen molar-refractivity contribution < 1.29 is 19.5 Å². The third-order valence-electron chi connectivity index (χ3n) is 7.41. The Morgan fingerprint density at radius 1 is 1.10 bits per heavy atom. The molecule has 0 spiro atoms. The molecule has 10 heteroatoms. The predicted octanol–water partition coefficient (Wildman–Crippen LogP) is 0.942. The zero-order valence-corrected chi connectivity index (χ0v) is 21.6. The topological polar surface area (TPSA) is 150 Å². The lowest BCUT2D eigenvalue weighted by molar-refractivity contribution is -0.138. The number of aromatic nitrogens is 1. The van der Waals surface area contributed by atoms with Crippen molar-refractivity contribution in [2.24, 2.45) is 5.73 Å². The smallest absolute Gasteiger partial charge is 0.249 e. The summed E-state index contributed by atoms with van der Waals surface area (Å²) >= 11 is 0. The van der Waals surface area contributed by atoms with Gasteiger partial charge in [-0.05, 0) is 43.4 Å². The number of carbonyl (C=O) groups excluding carboxylic acids is 3. The summed E-state index contributed by atoms with van der Waals surface area (Å²) in [5, 5.41) is 20.2. The third kappa shape index (κ3) is 6.42. The van der Waals surface area contributed by atoms with E-state index >= 15 is 0 Å². The molecule has 0 saturated carbocycles. The minimum atomic E-state index is -1.19. The highest BCUT2D eigenvalue weighted by Gasteiger charge is 2.43. The maximum atomic E-state index is 13.4. The molecule has 2 aliphatic heterocycles. The van der Waals surface area contributed by atoms with Gasteiger partial charge in [-0.15, -0.1) is 0 Å². The van der Waals surface area contributed by atoms with Gasteiger partial charge in [0.2, 0.25) is 17.7 Å².